The number of ether oxygens (including phenoxy) is 1. The Labute approximate surface area is 119 Å². The van der Waals surface area contributed by atoms with Gasteiger partial charge in [-0.3, -0.25) is 14.9 Å². The van der Waals surface area contributed by atoms with E-state index >= 15 is 0 Å². The minimum Gasteiger partial charge on any atom is -0.464 e. The molecule has 0 spiro atoms. The van der Waals surface area contributed by atoms with Crippen molar-refractivity contribution in [3.8, 4) is 0 Å². The van der Waals surface area contributed by atoms with E-state index in [9.17, 15) is 19.7 Å². The molecule has 1 saturated heterocycles. The summed E-state index contributed by atoms with van der Waals surface area (Å²) in [6.45, 7) is 0.653. The Bertz CT molecular complexity index is 603. The highest BCUT2D eigenvalue weighted by atomic mass is 16.6. The Hall–Kier alpha value is -2.71. The van der Waals surface area contributed by atoms with Gasteiger partial charge >= 0.3 is 11.7 Å². The molecule has 9 nitrogen and oxygen atoms in total. The van der Waals surface area contributed by atoms with E-state index in [0.717, 1.165) is 0 Å². The summed E-state index contributed by atoms with van der Waals surface area (Å²) >= 11 is 0. The standard InChI is InChI=1S/C12H14N4O5/c1-21-12(18)8-2-3-9(16(19)20)11(14-8)15-5-4-7(6-15)10(13)17/h2-3,7H,4-6H2,1H3,(H2,13,17). The summed E-state index contributed by atoms with van der Waals surface area (Å²) in [5, 5.41) is 11.1. The minimum absolute atomic E-state index is 0.0272. The monoisotopic (exact) mass is 294 g/mol. The quantitative estimate of drug-likeness (QED) is 0.473. The molecule has 1 atom stereocenters. The van der Waals surface area contributed by atoms with Gasteiger partial charge in [0, 0.05) is 19.2 Å². The predicted molar refractivity (Wildman–Crippen MR) is 71.7 cm³/mol. The van der Waals surface area contributed by atoms with Crippen molar-refractivity contribution >= 4 is 23.4 Å². The Morgan fingerprint density at radius 3 is 2.76 bits per heavy atom. The van der Waals surface area contributed by atoms with E-state index in [-0.39, 0.29) is 29.7 Å². The first-order valence-electron chi connectivity index (χ1n) is 6.22. The van der Waals surface area contributed by atoms with Gasteiger partial charge in [0.15, 0.2) is 5.69 Å². The summed E-state index contributed by atoms with van der Waals surface area (Å²) in [7, 11) is 1.20. The molecule has 0 aliphatic carbocycles. The van der Waals surface area contributed by atoms with Gasteiger partial charge in [-0.2, -0.15) is 0 Å². The van der Waals surface area contributed by atoms with Crippen LogP contribution in [0.1, 0.15) is 16.9 Å². The van der Waals surface area contributed by atoms with E-state index in [0.29, 0.717) is 13.0 Å². The van der Waals surface area contributed by atoms with Gasteiger partial charge in [-0.25, -0.2) is 9.78 Å². The predicted octanol–water partition coefficient (Wildman–Crippen LogP) is 0.0880. The number of methoxy groups -OCH3 is 1. The van der Waals surface area contributed by atoms with Gasteiger partial charge in [-0.15, -0.1) is 0 Å². The second-order valence-electron chi connectivity index (χ2n) is 4.62. The van der Waals surface area contributed by atoms with Gasteiger partial charge in [0.05, 0.1) is 18.0 Å². The van der Waals surface area contributed by atoms with Gasteiger partial charge in [0.2, 0.25) is 11.7 Å². The molecule has 0 saturated carbocycles. The lowest BCUT2D eigenvalue weighted by Gasteiger charge is -2.17. The van der Waals surface area contributed by atoms with E-state index in [4.69, 9.17) is 5.73 Å². The number of pyridine rings is 1. The Morgan fingerprint density at radius 2 is 2.24 bits per heavy atom. The van der Waals surface area contributed by atoms with E-state index in [1.54, 1.807) is 4.90 Å². The fourth-order valence-corrected chi connectivity index (χ4v) is 2.22. The largest absolute Gasteiger partial charge is 0.464 e. The fraction of sp³-hybridized carbons (Fsp3) is 0.417. The lowest BCUT2D eigenvalue weighted by molar-refractivity contribution is -0.384. The first kappa shape index (κ1) is 14.7. The van der Waals surface area contributed by atoms with Gasteiger partial charge in [-0.1, -0.05) is 0 Å². The average molecular weight is 294 g/mol. The highest BCUT2D eigenvalue weighted by molar-refractivity contribution is 5.88. The van der Waals surface area contributed by atoms with Crippen LogP contribution in [0.5, 0.6) is 0 Å². The third-order valence-corrected chi connectivity index (χ3v) is 3.34. The van der Waals surface area contributed by atoms with Crippen LogP contribution in [0.3, 0.4) is 0 Å². The molecule has 1 aliphatic heterocycles. The summed E-state index contributed by atoms with van der Waals surface area (Å²) in [6.07, 6.45) is 0.497. The van der Waals surface area contributed by atoms with Crippen LogP contribution >= 0.6 is 0 Å². The number of amides is 1. The zero-order valence-electron chi connectivity index (χ0n) is 11.3. The van der Waals surface area contributed by atoms with Gasteiger partial charge < -0.3 is 15.4 Å². The van der Waals surface area contributed by atoms with Gasteiger partial charge in [-0.05, 0) is 12.5 Å². The molecule has 1 unspecified atom stereocenters. The number of hydrogen-bond donors (Lipinski definition) is 1. The van der Waals surface area contributed by atoms with E-state index < -0.39 is 16.8 Å². The lowest BCUT2D eigenvalue weighted by atomic mass is 10.1. The molecule has 1 fully saturated rings. The number of primary amides is 1. The normalized spacial score (nSPS) is 17.6. The number of esters is 1. The van der Waals surface area contributed by atoms with Crippen LogP contribution < -0.4 is 10.6 Å². The SMILES string of the molecule is COC(=O)c1ccc([N+](=O)[O-])c(N2CCC(C(N)=O)C2)n1. The molecular formula is C12H14N4O5. The zero-order chi connectivity index (χ0) is 15.6. The lowest BCUT2D eigenvalue weighted by Crippen LogP contribution is -2.28. The first-order chi connectivity index (χ1) is 9.93. The molecule has 2 N–H and O–H groups in total. The summed E-state index contributed by atoms with van der Waals surface area (Å²) in [5.74, 6) is -1.47. The van der Waals surface area contributed by atoms with Crippen LogP contribution in [0.2, 0.25) is 0 Å². The Morgan fingerprint density at radius 1 is 1.52 bits per heavy atom. The molecule has 21 heavy (non-hydrogen) atoms. The third kappa shape index (κ3) is 2.91. The minimum atomic E-state index is -0.684. The number of hydrogen-bond acceptors (Lipinski definition) is 7. The molecule has 0 bridgehead atoms. The average Bonchev–Trinajstić information content (AvgIpc) is 2.95. The highest BCUT2D eigenvalue weighted by Gasteiger charge is 2.32. The number of rotatable bonds is 4. The van der Waals surface area contributed by atoms with E-state index in [1.165, 1.54) is 19.2 Å². The van der Waals surface area contributed by atoms with Crippen molar-refractivity contribution in [1.82, 2.24) is 4.98 Å². The van der Waals surface area contributed by atoms with Crippen LogP contribution in [-0.2, 0) is 9.53 Å². The number of nitrogens with two attached hydrogens (primary N) is 1. The second-order valence-corrected chi connectivity index (χ2v) is 4.62. The maximum absolute atomic E-state index is 11.5. The smallest absolute Gasteiger partial charge is 0.356 e. The van der Waals surface area contributed by atoms with E-state index in [1.807, 2.05) is 0 Å². The molecule has 0 radical (unpaired) electrons. The number of nitro groups is 1. The highest BCUT2D eigenvalue weighted by Crippen LogP contribution is 2.30. The van der Waals surface area contributed by atoms with Crippen molar-refractivity contribution in [2.75, 3.05) is 25.1 Å². The van der Waals surface area contributed by atoms with Gasteiger partial charge in [0.25, 0.3) is 0 Å². The molecule has 1 aromatic rings. The van der Waals surface area contributed by atoms with Crippen molar-refractivity contribution in [2.24, 2.45) is 11.7 Å². The second kappa shape index (κ2) is 5.73. The Kier molecular flexibility index (Phi) is 4.01. The van der Waals surface area contributed by atoms with Crippen LogP contribution in [0.15, 0.2) is 12.1 Å². The van der Waals surface area contributed by atoms with Crippen LogP contribution in [0, 0.1) is 16.0 Å². The summed E-state index contributed by atoms with van der Waals surface area (Å²) in [6, 6.07) is 2.43. The molecule has 0 aromatic carbocycles. The zero-order valence-corrected chi connectivity index (χ0v) is 11.3. The van der Waals surface area contributed by atoms with Crippen LogP contribution in [0.25, 0.3) is 0 Å². The summed E-state index contributed by atoms with van der Waals surface area (Å²) in [4.78, 5) is 38.7. The third-order valence-electron chi connectivity index (χ3n) is 3.34. The topological polar surface area (TPSA) is 129 Å². The molecule has 2 heterocycles. The van der Waals surface area contributed by atoms with Crippen LogP contribution in [-0.4, -0.2) is 42.0 Å². The van der Waals surface area contributed by atoms with Crippen LogP contribution in [0.4, 0.5) is 11.5 Å². The molecule has 9 heteroatoms. The molecule has 1 aliphatic rings. The maximum Gasteiger partial charge on any atom is 0.356 e. The summed E-state index contributed by atoms with van der Waals surface area (Å²) in [5.41, 5.74) is 4.99. The molecule has 112 valence electrons. The van der Waals surface area contributed by atoms with Crippen molar-refractivity contribution in [1.29, 1.82) is 0 Å². The summed E-state index contributed by atoms with van der Waals surface area (Å²) < 4.78 is 4.55. The van der Waals surface area contributed by atoms with Crippen molar-refractivity contribution < 1.29 is 19.2 Å². The molecule has 1 amide bonds. The van der Waals surface area contributed by atoms with Crippen molar-refractivity contribution in [3.63, 3.8) is 0 Å². The maximum atomic E-state index is 11.5. The number of carbonyl (C=O) groups is 2. The Balaban J connectivity index is 2.38. The van der Waals surface area contributed by atoms with Crippen molar-refractivity contribution in [2.45, 2.75) is 6.42 Å². The van der Waals surface area contributed by atoms with Gasteiger partial charge in [0.1, 0.15) is 0 Å². The molecular weight excluding hydrogens is 280 g/mol. The number of anilines is 1. The van der Waals surface area contributed by atoms with E-state index in [2.05, 4.69) is 9.72 Å². The number of carbonyl (C=O) groups excluding carboxylic acids is 2. The van der Waals surface area contributed by atoms with Crippen molar-refractivity contribution in [3.05, 3.63) is 27.9 Å². The first-order valence-corrected chi connectivity index (χ1v) is 6.22. The number of aromatic nitrogens is 1. The number of nitrogens with zero attached hydrogens (tertiary/aromatic N) is 3. The fourth-order valence-electron chi connectivity index (χ4n) is 2.22. The molecule has 2 rings (SSSR count). The molecule has 1 aromatic heterocycles.